The Kier molecular flexibility index (Phi) is 4.51. The van der Waals surface area contributed by atoms with E-state index in [4.69, 9.17) is 0 Å². The molecule has 1 aromatic carbocycles. The molecule has 2 aromatic heterocycles. The number of nitrogens with zero attached hydrogens (tertiary/aromatic N) is 3. The Hall–Kier alpha value is -2.82. The topological polar surface area (TPSA) is 49.6 Å². The molecule has 1 amide bonds. The third kappa shape index (κ3) is 3.56. The zero-order chi connectivity index (χ0) is 17.1. The van der Waals surface area contributed by atoms with Crippen molar-refractivity contribution in [3.8, 4) is 0 Å². The third-order valence-corrected chi connectivity index (χ3v) is 3.94. The summed E-state index contributed by atoms with van der Waals surface area (Å²) in [7, 11) is 3.92. The van der Waals surface area contributed by atoms with Gasteiger partial charge in [-0.1, -0.05) is 12.1 Å². The summed E-state index contributed by atoms with van der Waals surface area (Å²) in [6.45, 7) is 2.62. The van der Waals surface area contributed by atoms with Gasteiger partial charge in [-0.2, -0.15) is 0 Å². The van der Waals surface area contributed by atoms with Crippen molar-refractivity contribution < 1.29 is 4.79 Å². The van der Waals surface area contributed by atoms with E-state index in [1.165, 1.54) is 5.56 Å². The molecule has 0 saturated carbocycles. The maximum atomic E-state index is 12.3. The van der Waals surface area contributed by atoms with Crippen LogP contribution in [-0.2, 0) is 6.42 Å². The summed E-state index contributed by atoms with van der Waals surface area (Å²) in [4.78, 5) is 18.8. The highest BCUT2D eigenvalue weighted by Crippen LogP contribution is 2.13. The maximum Gasteiger partial charge on any atom is 0.251 e. The molecular formula is C19H22N4O. The number of pyridine rings is 1. The zero-order valence-electron chi connectivity index (χ0n) is 14.3. The zero-order valence-corrected chi connectivity index (χ0v) is 14.3. The molecule has 2 heterocycles. The number of benzene rings is 1. The van der Waals surface area contributed by atoms with Gasteiger partial charge in [0.15, 0.2) is 0 Å². The highest BCUT2D eigenvalue weighted by molar-refractivity contribution is 5.95. The largest absolute Gasteiger partial charge is 0.378 e. The van der Waals surface area contributed by atoms with Gasteiger partial charge >= 0.3 is 0 Å². The first-order valence-corrected chi connectivity index (χ1v) is 8.03. The van der Waals surface area contributed by atoms with Crippen molar-refractivity contribution in [2.75, 3.05) is 25.5 Å². The Morgan fingerprint density at radius 1 is 1.21 bits per heavy atom. The van der Waals surface area contributed by atoms with E-state index in [1.807, 2.05) is 66.0 Å². The molecule has 0 radical (unpaired) electrons. The SMILES string of the molecule is Cc1ccc2nc(CCNC(=O)c3cccc(N(C)C)c3)cn2c1. The van der Waals surface area contributed by atoms with Crippen LogP contribution < -0.4 is 10.2 Å². The van der Waals surface area contributed by atoms with Crippen LogP contribution in [0.25, 0.3) is 5.65 Å². The quantitative estimate of drug-likeness (QED) is 0.786. The predicted octanol–water partition coefficient (Wildman–Crippen LogP) is 2.68. The minimum Gasteiger partial charge on any atom is -0.378 e. The summed E-state index contributed by atoms with van der Waals surface area (Å²) < 4.78 is 2.02. The lowest BCUT2D eigenvalue weighted by Crippen LogP contribution is -2.26. The summed E-state index contributed by atoms with van der Waals surface area (Å²) >= 11 is 0. The average molecular weight is 322 g/mol. The van der Waals surface area contributed by atoms with Gasteiger partial charge < -0.3 is 14.6 Å². The molecule has 0 aliphatic carbocycles. The minimum atomic E-state index is -0.0571. The summed E-state index contributed by atoms with van der Waals surface area (Å²) in [5.41, 5.74) is 4.79. The number of hydrogen-bond acceptors (Lipinski definition) is 3. The Balaban J connectivity index is 1.60. The van der Waals surface area contributed by atoms with Crippen molar-refractivity contribution in [2.24, 2.45) is 0 Å². The van der Waals surface area contributed by atoms with Crippen LogP contribution in [-0.4, -0.2) is 35.9 Å². The summed E-state index contributed by atoms with van der Waals surface area (Å²) in [6.07, 6.45) is 4.78. The molecule has 0 saturated heterocycles. The van der Waals surface area contributed by atoms with Crippen molar-refractivity contribution in [1.29, 1.82) is 0 Å². The van der Waals surface area contributed by atoms with Gasteiger partial charge in [0.05, 0.1) is 5.69 Å². The molecule has 3 aromatic rings. The fourth-order valence-corrected chi connectivity index (χ4v) is 2.61. The standard InChI is InChI=1S/C19H22N4O/c1-14-7-8-18-21-16(13-23(18)12-14)9-10-20-19(24)15-5-4-6-17(11-15)22(2)3/h4-8,11-13H,9-10H2,1-3H3,(H,20,24). The Morgan fingerprint density at radius 3 is 2.83 bits per heavy atom. The Morgan fingerprint density at radius 2 is 2.04 bits per heavy atom. The lowest BCUT2D eigenvalue weighted by Gasteiger charge is -2.13. The van der Waals surface area contributed by atoms with Crippen LogP contribution in [0.1, 0.15) is 21.6 Å². The molecule has 0 unspecified atom stereocenters. The van der Waals surface area contributed by atoms with Crippen molar-refractivity contribution >= 4 is 17.2 Å². The first-order valence-electron chi connectivity index (χ1n) is 8.03. The van der Waals surface area contributed by atoms with E-state index in [-0.39, 0.29) is 5.91 Å². The van der Waals surface area contributed by atoms with E-state index in [0.717, 1.165) is 17.0 Å². The smallest absolute Gasteiger partial charge is 0.251 e. The number of aromatic nitrogens is 2. The van der Waals surface area contributed by atoms with Crippen LogP contribution in [0.5, 0.6) is 0 Å². The van der Waals surface area contributed by atoms with E-state index in [1.54, 1.807) is 0 Å². The average Bonchev–Trinajstić information content (AvgIpc) is 2.96. The molecule has 5 heteroatoms. The van der Waals surface area contributed by atoms with Crippen molar-refractivity contribution in [1.82, 2.24) is 14.7 Å². The molecule has 0 aliphatic rings. The van der Waals surface area contributed by atoms with Gasteiger partial charge in [0.1, 0.15) is 5.65 Å². The highest BCUT2D eigenvalue weighted by atomic mass is 16.1. The Bertz CT molecular complexity index is 867. The van der Waals surface area contributed by atoms with Crippen LogP contribution in [0.4, 0.5) is 5.69 Å². The number of carbonyl (C=O) groups excluding carboxylic acids is 1. The van der Waals surface area contributed by atoms with E-state index >= 15 is 0 Å². The number of rotatable bonds is 5. The highest BCUT2D eigenvalue weighted by Gasteiger charge is 2.07. The monoisotopic (exact) mass is 322 g/mol. The lowest BCUT2D eigenvalue weighted by molar-refractivity contribution is 0.0954. The van der Waals surface area contributed by atoms with Gasteiger partial charge in [0, 0.05) is 50.7 Å². The first kappa shape index (κ1) is 16.1. The van der Waals surface area contributed by atoms with Gasteiger partial charge in [-0.15, -0.1) is 0 Å². The maximum absolute atomic E-state index is 12.3. The predicted molar refractivity (Wildman–Crippen MR) is 96.7 cm³/mol. The molecule has 0 aliphatic heterocycles. The van der Waals surface area contributed by atoms with Crippen LogP contribution in [0, 0.1) is 6.92 Å². The van der Waals surface area contributed by atoms with E-state index in [0.29, 0.717) is 18.5 Å². The van der Waals surface area contributed by atoms with Crippen LogP contribution in [0.15, 0.2) is 48.8 Å². The van der Waals surface area contributed by atoms with Gasteiger partial charge in [0.25, 0.3) is 5.91 Å². The number of fused-ring (bicyclic) bond motifs is 1. The number of imidazole rings is 1. The van der Waals surface area contributed by atoms with Gasteiger partial charge in [0.2, 0.25) is 0 Å². The molecule has 5 nitrogen and oxygen atoms in total. The van der Waals surface area contributed by atoms with Crippen molar-refractivity contribution in [3.63, 3.8) is 0 Å². The van der Waals surface area contributed by atoms with Gasteiger partial charge in [-0.3, -0.25) is 4.79 Å². The molecule has 24 heavy (non-hydrogen) atoms. The Labute approximate surface area is 141 Å². The number of carbonyl (C=O) groups is 1. The molecule has 0 atom stereocenters. The normalized spacial score (nSPS) is 10.8. The molecule has 124 valence electrons. The first-order chi connectivity index (χ1) is 11.5. The van der Waals surface area contributed by atoms with E-state index in [9.17, 15) is 4.79 Å². The van der Waals surface area contributed by atoms with Crippen molar-refractivity contribution in [3.05, 3.63) is 65.6 Å². The summed E-state index contributed by atoms with van der Waals surface area (Å²) in [6, 6.07) is 11.7. The summed E-state index contributed by atoms with van der Waals surface area (Å²) in [5.74, 6) is -0.0571. The van der Waals surface area contributed by atoms with Crippen LogP contribution in [0.2, 0.25) is 0 Å². The van der Waals surface area contributed by atoms with Crippen LogP contribution in [0.3, 0.4) is 0 Å². The van der Waals surface area contributed by atoms with E-state index in [2.05, 4.69) is 23.4 Å². The third-order valence-electron chi connectivity index (χ3n) is 3.94. The van der Waals surface area contributed by atoms with Gasteiger partial charge in [-0.05, 0) is 36.8 Å². The van der Waals surface area contributed by atoms with Crippen LogP contribution >= 0.6 is 0 Å². The lowest BCUT2D eigenvalue weighted by atomic mass is 10.2. The fraction of sp³-hybridized carbons (Fsp3) is 0.263. The molecular weight excluding hydrogens is 300 g/mol. The number of nitrogens with one attached hydrogen (secondary N) is 1. The number of amides is 1. The number of hydrogen-bond donors (Lipinski definition) is 1. The second kappa shape index (κ2) is 6.74. The fourth-order valence-electron chi connectivity index (χ4n) is 2.61. The molecule has 3 rings (SSSR count). The molecule has 0 spiro atoms. The van der Waals surface area contributed by atoms with Gasteiger partial charge in [-0.25, -0.2) is 4.98 Å². The molecule has 1 N–H and O–H groups in total. The van der Waals surface area contributed by atoms with Crippen molar-refractivity contribution in [2.45, 2.75) is 13.3 Å². The minimum absolute atomic E-state index is 0.0571. The second-order valence-electron chi connectivity index (χ2n) is 6.15. The molecule has 0 bridgehead atoms. The number of aryl methyl sites for hydroxylation is 1. The van der Waals surface area contributed by atoms with E-state index < -0.39 is 0 Å². The molecule has 0 fully saturated rings. The number of anilines is 1. The summed E-state index contributed by atoms with van der Waals surface area (Å²) in [5, 5.41) is 2.96. The second-order valence-corrected chi connectivity index (χ2v) is 6.15.